The largest absolute Gasteiger partial charge is 0.480 e. The molecule has 78 valence electrons. The van der Waals surface area contributed by atoms with Crippen molar-refractivity contribution in [2.45, 2.75) is 30.5 Å². The van der Waals surface area contributed by atoms with Crippen LogP contribution in [0.4, 0.5) is 0 Å². The first-order chi connectivity index (χ1) is 6.54. The first-order valence-corrected chi connectivity index (χ1v) is 5.32. The van der Waals surface area contributed by atoms with E-state index in [1.165, 1.54) is 11.8 Å². The Hall–Kier alpha value is -0.970. The Kier molecular flexibility index (Phi) is 3.57. The van der Waals surface area contributed by atoms with Crippen LogP contribution < -0.4 is 0 Å². The lowest BCUT2D eigenvalue weighted by Gasteiger charge is -2.08. The minimum atomic E-state index is -0.767. The molecule has 1 aromatic rings. The predicted octanol–water partition coefficient (Wildman–Crippen LogP) is 1.68. The molecule has 0 spiro atoms. The molecule has 14 heavy (non-hydrogen) atoms. The summed E-state index contributed by atoms with van der Waals surface area (Å²) in [6.07, 6.45) is 0.615. The van der Waals surface area contributed by atoms with Gasteiger partial charge in [0.15, 0.2) is 0 Å². The fourth-order valence-electron chi connectivity index (χ4n) is 1.15. The van der Waals surface area contributed by atoms with Crippen LogP contribution in [0.25, 0.3) is 0 Å². The Morgan fingerprint density at radius 1 is 1.79 bits per heavy atom. The van der Waals surface area contributed by atoms with Gasteiger partial charge in [-0.1, -0.05) is 18.7 Å². The third kappa shape index (κ3) is 2.51. The fourth-order valence-corrected chi connectivity index (χ4v) is 2.14. The Morgan fingerprint density at radius 3 is 2.79 bits per heavy atom. The van der Waals surface area contributed by atoms with E-state index in [0.717, 1.165) is 10.7 Å². The Bertz CT molecular complexity index is 336. The first-order valence-electron chi connectivity index (χ1n) is 4.44. The maximum Gasteiger partial charge on any atom is 0.317 e. The zero-order valence-electron chi connectivity index (χ0n) is 8.52. The molecule has 1 N–H and O–H groups in total. The van der Waals surface area contributed by atoms with Crippen LogP contribution >= 0.6 is 11.8 Å². The lowest BCUT2D eigenvalue weighted by atomic mass is 10.3. The van der Waals surface area contributed by atoms with Crippen molar-refractivity contribution in [2.24, 2.45) is 7.05 Å². The van der Waals surface area contributed by atoms with E-state index in [2.05, 4.69) is 5.10 Å². The van der Waals surface area contributed by atoms with Crippen molar-refractivity contribution in [3.8, 4) is 0 Å². The molecule has 1 rings (SSSR count). The molecule has 1 heterocycles. The van der Waals surface area contributed by atoms with E-state index in [4.69, 9.17) is 5.11 Å². The van der Waals surface area contributed by atoms with Gasteiger partial charge in [-0.15, -0.1) is 0 Å². The summed E-state index contributed by atoms with van der Waals surface area (Å²) in [4.78, 5) is 10.8. The van der Waals surface area contributed by atoms with E-state index in [1.807, 2.05) is 27.0 Å². The third-order valence-corrected chi connectivity index (χ3v) is 3.31. The van der Waals surface area contributed by atoms with Gasteiger partial charge in [-0.3, -0.25) is 9.48 Å². The number of aromatic nitrogens is 2. The van der Waals surface area contributed by atoms with Crippen molar-refractivity contribution >= 4 is 17.7 Å². The van der Waals surface area contributed by atoms with Crippen molar-refractivity contribution in [3.05, 3.63) is 11.8 Å². The van der Waals surface area contributed by atoms with Crippen LogP contribution in [0.1, 0.15) is 19.0 Å². The van der Waals surface area contributed by atoms with Crippen LogP contribution in [-0.4, -0.2) is 26.1 Å². The molecule has 1 aromatic heterocycles. The van der Waals surface area contributed by atoms with Crippen molar-refractivity contribution in [1.29, 1.82) is 0 Å². The Morgan fingerprint density at radius 2 is 2.43 bits per heavy atom. The summed E-state index contributed by atoms with van der Waals surface area (Å²) in [5, 5.41) is 13.6. The number of hydrogen-bond acceptors (Lipinski definition) is 3. The van der Waals surface area contributed by atoms with Crippen molar-refractivity contribution in [3.63, 3.8) is 0 Å². The van der Waals surface area contributed by atoms with Crippen LogP contribution in [0, 0.1) is 6.92 Å². The molecular formula is C9H14N2O2S. The molecule has 1 unspecified atom stereocenters. The van der Waals surface area contributed by atoms with Gasteiger partial charge < -0.3 is 5.11 Å². The zero-order valence-corrected chi connectivity index (χ0v) is 9.34. The number of aryl methyl sites for hydroxylation is 2. The van der Waals surface area contributed by atoms with Crippen LogP contribution in [0.2, 0.25) is 0 Å². The highest BCUT2D eigenvalue weighted by molar-refractivity contribution is 8.00. The molecule has 0 amide bonds. The summed E-state index contributed by atoms with van der Waals surface area (Å²) in [5.74, 6) is -0.767. The van der Waals surface area contributed by atoms with E-state index in [-0.39, 0.29) is 5.25 Å². The Balaban J connectivity index is 2.76. The smallest absolute Gasteiger partial charge is 0.317 e. The average molecular weight is 214 g/mol. The number of aliphatic carboxylic acids is 1. The molecular weight excluding hydrogens is 200 g/mol. The van der Waals surface area contributed by atoms with Crippen molar-refractivity contribution < 1.29 is 9.90 Å². The first kappa shape index (κ1) is 11.1. The second-order valence-electron chi connectivity index (χ2n) is 3.10. The number of carbonyl (C=O) groups is 1. The predicted molar refractivity (Wildman–Crippen MR) is 55.5 cm³/mol. The zero-order chi connectivity index (χ0) is 10.7. The SMILES string of the molecule is CCC(Sc1cc(C)nn1C)C(=O)O. The third-order valence-electron chi connectivity index (χ3n) is 1.87. The molecule has 1 atom stereocenters. The highest BCUT2D eigenvalue weighted by Crippen LogP contribution is 2.25. The van der Waals surface area contributed by atoms with Crippen LogP contribution in [0.15, 0.2) is 11.1 Å². The summed E-state index contributed by atoms with van der Waals surface area (Å²) in [5.41, 5.74) is 0.912. The van der Waals surface area contributed by atoms with Gasteiger partial charge in [0, 0.05) is 7.05 Å². The van der Waals surface area contributed by atoms with E-state index in [1.54, 1.807) is 4.68 Å². The van der Waals surface area contributed by atoms with Crippen LogP contribution in [0.3, 0.4) is 0 Å². The van der Waals surface area contributed by atoms with Gasteiger partial charge in [-0.2, -0.15) is 5.10 Å². The Labute approximate surface area is 87.3 Å². The minimum Gasteiger partial charge on any atom is -0.480 e. The van der Waals surface area contributed by atoms with Gasteiger partial charge >= 0.3 is 5.97 Å². The number of rotatable bonds is 4. The van der Waals surface area contributed by atoms with E-state index in [9.17, 15) is 4.79 Å². The molecule has 0 aliphatic rings. The molecule has 0 saturated heterocycles. The normalized spacial score (nSPS) is 12.8. The second kappa shape index (κ2) is 4.50. The molecule has 0 bridgehead atoms. The second-order valence-corrected chi connectivity index (χ2v) is 4.32. The summed E-state index contributed by atoms with van der Waals surface area (Å²) in [7, 11) is 1.82. The van der Waals surface area contributed by atoms with Crippen LogP contribution in [0.5, 0.6) is 0 Å². The van der Waals surface area contributed by atoms with Gasteiger partial charge in [0.1, 0.15) is 5.25 Å². The molecule has 0 aliphatic carbocycles. The lowest BCUT2D eigenvalue weighted by molar-refractivity contribution is -0.136. The standard InChI is InChI=1S/C9H14N2O2S/c1-4-7(9(12)13)14-8-5-6(2)10-11(8)3/h5,7H,4H2,1-3H3,(H,12,13). The van der Waals surface area contributed by atoms with E-state index in [0.29, 0.717) is 6.42 Å². The topological polar surface area (TPSA) is 55.1 Å². The van der Waals surface area contributed by atoms with Crippen molar-refractivity contribution in [2.75, 3.05) is 0 Å². The minimum absolute atomic E-state index is 0.384. The average Bonchev–Trinajstić information content (AvgIpc) is 2.40. The lowest BCUT2D eigenvalue weighted by Crippen LogP contribution is -2.15. The van der Waals surface area contributed by atoms with Gasteiger partial charge in [0.25, 0.3) is 0 Å². The fraction of sp³-hybridized carbons (Fsp3) is 0.556. The molecule has 0 saturated carbocycles. The number of thioether (sulfide) groups is 1. The molecule has 0 aliphatic heterocycles. The quantitative estimate of drug-likeness (QED) is 0.775. The molecule has 5 heteroatoms. The number of hydrogen-bond donors (Lipinski definition) is 1. The molecule has 4 nitrogen and oxygen atoms in total. The number of nitrogens with zero attached hydrogens (tertiary/aromatic N) is 2. The number of carboxylic acid groups (broad SMARTS) is 1. The van der Waals surface area contributed by atoms with Gasteiger partial charge in [0.2, 0.25) is 0 Å². The maximum absolute atomic E-state index is 10.8. The van der Waals surface area contributed by atoms with Crippen molar-refractivity contribution in [1.82, 2.24) is 9.78 Å². The molecule has 0 fully saturated rings. The molecule has 0 aromatic carbocycles. The van der Waals surface area contributed by atoms with E-state index >= 15 is 0 Å². The summed E-state index contributed by atoms with van der Waals surface area (Å²) in [6.45, 7) is 3.76. The van der Waals surface area contributed by atoms with Crippen LogP contribution in [-0.2, 0) is 11.8 Å². The van der Waals surface area contributed by atoms with Gasteiger partial charge in [-0.05, 0) is 19.4 Å². The van der Waals surface area contributed by atoms with E-state index < -0.39 is 5.97 Å². The van der Waals surface area contributed by atoms with Gasteiger partial charge in [0.05, 0.1) is 10.7 Å². The number of carboxylic acids is 1. The monoisotopic (exact) mass is 214 g/mol. The summed E-state index contributed by atoms with van der Waals surface area (Å²) in [6, 6.07) is 1.90. The molecule has 0 radical (unpaired) electrons. The highest BCUT2D eigenvalue weighted by Gasteiger charge is 2.18. The highest BCUT2D eigenvalue weighted by atomic mass is 32.2. The summed E-state index contributed by atoms with van der Waals surface area (Å²) >= 11 is 1.35. The summed E-state index contributed by atoms with van der Waals surface area (Å²) < 4.78 is 1.71. The maximum atomic E-state index is 10.8. The van der Waals surface area contributed by atoms with Gasteiger partial charge in [-0.25, -0.2) is 0 Å².